The minimum atomic E-state index is 0.580. The Morgan fingerprint density at radius 3 is 2.48 bits per heavy atom. The van der Waals surface area contributed by atoms with Crippen LogP contribution in [0.15, 0.2) is 18.2 Å². The maximum Gasteiger partial charge on any atom is 0.119 e. The first-order chi connectivity index (χ1) is 10.2. The van der Waals surface area contributed by atoms with Gasteiger partial charge in [-0.1, -0.05) is 45.6 Å². The van der Waals surface area contributed by atoms with Crippen molar-refractivity contribution in [3.63, 3.8) is 0 Å². The Hall–Kier alpha value is -1.02. The summed E-state index contributed by atoms with van der Waals surface area (Å²) in [7, 11) is 0. The van der Waals surface area contributed by atoms with Gasteiger partial charge in [-0.05, 0) is 48.9 Å². The van der Waals surface area contributed by atoms with Crippen LogP contribution in [0.25, 0.3) is 0 Å². The SMILES string of the molecule is Cc1cc(OCCNC2CCCCCC2)ccc1C(C)C. The molecule has 0 heterocycles. The van der Waals surface area contributed by atoms with Gasteiger partial charge < -0.3 is 10.1 Å². The van der Waals surface area contributed by atoms with Gasteiger partial charge in [0, 0.05) is 12.6 Å². The molecule has 2 rings (SSSR count). The lowest BCUT2D eigenvalue weighted by atomic mass is 9.98. The van der Waals surface area contributed by atoms with Gasteiger partial charge in [0.05, 0.1) is 0 Å². The summed E-state index contributed by atoms with van der Waals surface area (Å²) in [5, 5.41) is 3.65. The van der Waals surface area contributed by atoms with E-state index in [9.17, 15) is 0 Å². The summed E-state index contributed by atoms with van der Waals surface area (Å²) in [5.41, 5.74) is 2.75. The minimum absolute atomic E-state index is 0.580. The average molecular weight is 289 g/mol. The normalized spacial score (nSPS) is 17.0. The lowest BCUT2D eigenvalue weighted by Crippen LogP contribution is -2.32. The first-order valence-corrected chi connectivity index (χ1v) is 8.63. The molecule has 1 N–H and O–H groups in total. The van der Waals surface area contributed by atoms with Crippen LogP contribution in [0.4, 0.5) is 0 Å². The molecule has 118 valence electrons. The number of nitrogens with one attached hydrogen (secondary N) is 1. The fraction of sp³-hybridized carbons (Fsp3) is 0.684. The Balaban J connectivity index is 1.72. The maximum atomic E-state index is 5.88. The summed E-state index contributed by atoms with van der Waals surface area (Å²) in [5.74, 6) is 1.58. The van der Waals surface area contributed by atoms with E-state index in [1.54, 1.807) is 0 Å². The van der Waals surface area contributed by atoms with Crippen molar-refractivity contribution in [1.82, 2.24) is 5.32 Å². The molecular weight excluding hydrogens is 258 g/mol. The Morgan fingerprint density at radius 2 is 1.86 bits per heavy atom. The molecule has 1 aliphatic rings. The molecule has 1 aromatic rings. The van der Waals surface area contributed by atoms with E-state index >= 15 is 0 Å². The van der Waals surface area contributed by atoms with Crippen LogP contribution in [-0.4, -0.2) is 19.2 Å². The van der Waals surface area contributed by atoms with Gasteiger partial charge in [0.15, 0.2) is 0 Å². The highest BCUT2D eigenvalue weighted by Gasteiger charge is 2.11. The summed E-state index contributed by atoms with van der Waals surface area (Å²) in [6.45, 7) is 8.36. The van der Waals surface area contributed by atoms with E-state index in [0.717, 1.165) is 18.9 Å². The van der Waals surface area contributed by atoms with Crippen LogP contribution in [0.5, 0.6) is 5.75 Å². The topological polar surface area (TPSA) is 21.3 Å². The zero-order chi connectivity index (χ0) is 15.1. The molecule has 2 nitrogen and oxygen atoms in total. The highest BCUT2D eigenvalue weighted by Crippen LogP contribution is 2.23. The number of rotatable bonds is 6. The van der Waals surface area contributed by atoms with E-state index in [2.05, 4.69) is 44.3 Å². The molecule has 0 aliphatic heterocycles. The van der Waals surface area contributed by atoms with Crippen LogP contribution in [0.1, 0.15) is 69.4 Å². The third-order valence-electron chi connectivity index (χ3n) is 4.52. The molecule has 21 heavy (non-hydrogen) atoms. The monoisotopic (exact) mass is 289 g/mol. The number of aryl methyl sites for hydroxylation is 1. The van der Waals surface area contributed by atoms with Gasteiger partial charge in [0.25, 0.3) is 0 Å². The van der Waals surface area contributed by atoms with Crippen molar-refractivity contribution in [2.24, 2.45) is 0 Å². The smallest absolute Gasteiger partial charge is 0.119 e. The second kappa shape index (κ2) is 8.43. The second-order valence-corrected chi connectivity index (χ2v) is 6.66. The molecule has 0 spiro atoms. The fourth-order valence-electron chi connectivity index (χ4n) is 3.30. The maximum absolute atomic E-state index is 5.88. The van der Waals surface area contributed by atoms with Crippen LogP contribution in [0.3, 0.4) is 0 Å². The van der Waals surface area contributed by atoms with Crippen molar-refractivity contribution < 1.29 is 4.74 Å². The summed E-state index contributed by atoms with van der Waals surface area (Å²) >= 11 is 0. The molecule has 1 saturated carbocycles. The van der Waals surface area contributed by atoms with Crippen molar-refractivity contribution in [2.75, 3.05) is 13.2 Å². The van der Waals surface area contributed by atoms with Crippen molar-refractivity contribution in [2.45, 2.75) is 71.3 Å². The van der Waals surface area contributed by atoms with Crippen LogP contribution < -0.4 is 10.1 Å². The van der Waals surface area contributed by atoms with Gasteiger partial charge in [0.1, 0.15) is 12.4 Å². The van der Waals surface area contributed by atoms with Gasteiger partial charge in [0.2, 0.25) is 0 Å². The molecule has 0 unspecified atom stereocenters. The van der Waals surface area contributed by atoms with E-state index in [0.29, 0.717) is 12.0 Å². The first kappa shape index (κ1) is 16.4. The molecule has 1 fully saturated rings. The van der Waals surface area contributed by atoms with Crippen molar-refractivity contribution in [3.8, 4) is 5.75 Å². The van der Waals surface area contributed by atoms with Crippen LogP contribution in [0.2, 0.25) is 0 Å². The third kappa shape index (κ3) is 5.35. The Bertz CT molecular complexity index is 420. The lowest BCUT2D eigenvalue weighted by Gasteiger charge is -2.17. The van der Waals surface area contributed by atoms with Gasteiger partial charge in [-0.15, -0.1) is 0 Å². The van der Waals surface area contributed by atoms with Crippen LogP contribution in [0, 0.1) is 6.92 Å². The van der Waals surface area contributed by atoms with E-state index in [1.165, 1.54) is 49.7 Å². The largest absolute Gasteiger partial charge is 0.492 e. The molecule has 2 heteroatoms. The van der Waals surface area contributed by atoms with Gasteiger partial charge in [-0.2, -0.15) is 0 Å². The molecule has 1 aliphatic carbocycles. The molecule has 0 atom stereocenters. The summed E-state index contributed by atoms with van der Waals surface area (Å²) in [6.07, 6.45) is 8.26. The Morgan fingerprint density at radius 1 is 1.14 bits per heavy atom. The predicted molar refractivity (Wildman–Crippen MR) is 90.3 cm³/mol. The zero-order valence-electron chi connectivity index (χ0n) is 14.0. The summed E-state index contributed by atoms with van der Waals surface area (Å²) in [6, 6.07) is 7.18. The number of ether oxygens (including phenoxy) is 1. The Labute approximate surface area is 130 Å². The van der Waals surface area contributed by atoms with Gasteiger partial charge >= 0.3 is 0 Å². The van der Waals surface area contributed by atoms with E-state index in [4.69, 9.17) is 4.74 Å². The fourth-order valence-corrected chi connectivity index (χ4v) is 3.30. The number of hydrogen-bond acceptors (Lipinski definition) is 2. The Kier molecular flexibility index (Phi) is 6.56. The molecular formula is C19H31NO. The average Bonchev–Trinajstić information content (AvgIpc) is 2.72. The third-order valence-corrected chi connectivity index (χ3v) is 4.52. The first-order valence-electron chi connectivity index (χ1n) is 8.63. The second-order valence-electron chi connectivity index (χ2n) is 6.66. The van der Waals surface area contributed by atoms with E-state index in [1.807, 2.05) is 0 Å². The highest BCUT2D eigenvalue weighted by molar-refractivity contribution is 5.36. The lowest BCUT2D eigenvalue weighted by molar-refractivity contribution is 0.300. The van der Waals surface area contributed by atoms with Gasteiger partial charge in [-0.3, -0.25) is 0 Å². The molecule has 0 saturated heterocycles. The molecule has 0 aromatic heterocycles. The van der Waals surface area contributed by atoms with Crippen molar-refractivity contribution >= 4 is 0 Å². The molecule has 0 radical (unpaired) electrons. The van der Waals surface area contributed by atoms with Crippen LogP contribution in [-0.2, 0) is 0 Å². The highest BCUT2D eigenvalue weighted by atomic mass is 16.5. The quantitative estimate of drug-likeness (QED) is 0.599. The summed E-state index contributed by atoms with van der Waals surface area (Å²) in [4.78, 5) is 0. The molecule has 1 aromatic carbocycles. The van der Waals surface area contributed by atoms with E-state index < -0.39 is 0 Å². The summed E-state index contributed by atoms with van der Waals surface area (Å²) < 4.78 is 5.88. The van der Waals surface area contributed by atoms with Gasteiger partial charge in [-0.25, -0.2) is 0 Å². The minimum Gasteiger partial charge on any atom is -0.492 e. The predicted octanol–water partition coefficient (Wildman–Crippen LogP) is 4.81. The standard InChI is InChI=1S/C19H31NO/c1-15(2)19-11-10-18(14-16(19)3)21-13-12-20-17-8-6-4-5-7-9-17/h10-11,14-15,17,20H,4-9,12-13H2,1-3H3. The van der Waals surface area contributed by atoms with Crippen molar-refractivity contribution in [1.29, 1.82) is 0 Å². The number of hydrogen-bond donors (Lipinski definition) is 1. The number of benzene rings is 1. The van der Waals surface area contributed by atoms with Crippen LogP contribution >= 0.6 is 0 Å². The zero-order valence-corrected chi connectivity index (χ0v) is 14.0. The molecule has 0 amide bonds. The van der Waals surface area contributed by atoms with E-state index in [-0.39, 0.29) is 0 Å². The molecule has 0 bridgehead atoms. The van der Waals surface area contributed by atoms with Crippen molar-refractivity contribution in [3.05, 3.63) is 29.3 Å².